The molecule has 0 bridgehead atoms. The van der Waals surface area contributed by atoms with E-state index in [2.05, 4.69) is 27.7 Å². The van der Waals surface area contributed by atoms with Gasteiger partial charge in [0.25, 0.3) is 5.91 Å². The molecule has 3 rings (SSSR count). The first-order chi connectivity index (χ1) is 14.9. The van der Waals surface area contributed by atoms with Crippen molar-refractivity contribution in [3.8, 4) is 0 Å². The molecule has 7 heteroatoms. The molecule has 1 aliphatic rings. The van der Waals surface area contributed by atoms with E-state index in [1.165, 1.54) is 5.56 Å². The summed E-state index contributed by atoms with van der Waals surface area (Å²) in [4.78, 5) is 27.8. The van der Waals surface area contributed by atoms with Crippen molar-refractivity contribution in [1.29, 1.82) is 0 Å². The van der Waals surface area contributed by atoms with Crippen LogP contribution in [0.2, 0.25) is 5.02 Å². The molecule has 2 amide bonds. The molecule has 0 aliphatic carbocycles. The van der Waals surface area contributed by atoms with E-state index >= 15 is 0 Å². The molecule has 1 heterocycles. The van der Waals surface area contributed by atoms with Gasteiger partial charge in [0.1, 0.15) is 6.04 Å². The Hall–Kier alpha value is -2.41. The van der Waals surface area contributed by atoms with Crippen LogP contribution in [0.15, 0.2) is 54.6 Å². The van der Waals surface area contributed by atoms with E-state index in [0.29, 0.717) is 23.7 Å². The molecule has 1 fully saturated rings. The Balaban J connectivity index is 1.52. The number of halogens is 1. The summed E-state index contributed by atoms with van der Waals surface area (Å²) in [6, 6.07) is 16.5. The Morgan fingerprint density at radius 1 is 1.13 bits per heavy atom. The molecular formula is C24H30ClN3O3. The van der Waals surface area contributed by atoms with Crippen molar-refractivity contribution in [1.82, 2.24) is 15.5 Å². The highest BCUT2D eigenvalue weighted by molar-refractivity contribution is 6.33. The van der Waals surface area contributed by atoms with Gasteiger partial charge in [0, 0.05) is 26.2 Å². The molecule has 2 unspecified atom stereocenters. The van der Waals surface area contributed by atoms with Crippen molar-refractivity contribution in [3.05, 3.63) is 70.7 Å². The summed E-state index contributed by atoms with van der Waals surface area (Å²) in [5.41, 5.74) is 1.61. The highest BCUT2D eigenvalue weighted by Crippen LogP contribution is 2.16. The molecular weight excluding hydrogens is 414 g/mol. The van der Waals surface area contributed by atoms with E-state index in [1.807, 2.05) is 32.0 Å². The lowest BCUT2D eigenvalue weighted by atomic mass is 10.0. The predicted octanol–water partition coefficient (Wildman–Crippen LogP) is 3.11. The maximum Gasteiger partial charge on any atom is 0.253 e. The smallest absolute Gasteiger partial charge is 0.253 e. The number of carbonyl (C=O) groups excluding carboxylic acids is 2. The fourth-order valence-electron chi connectivity index (χ4n) is 3.61. The fourth-order valence-corrected chi connectivity index (χ4v) is 3.83. The molecule has 1 aliphatic heterocycles. The van der Waals surface area contributed by atoms with Crippen molar-refractivity contribution in [2.45, 2.75) is 32.5 Å². The molecule has 0 aromatic heterocycles. The van der Waals surface area contributed by atoms with Crippen LogP contribution in [-0.4, -0.2) is 55.1 Å². The standard InChI is InChI=1S/C24H30ClN3O3/c1-17(2)22(27-23(29)20-10-6-7-11-21(20)25)24(30)26-14-19-16-28(12-13-31-19)15-18-8-4-3-5-9-18/h3-11,17,19,22H,12-16H2,1-2H3,(H,26,30)(H,27,29). The summed E-state index contributed by atoms with van der Waals surface area (Å²) in [5, 5.41) is 6.13. The number of nitrogens with one attached hydrogen (secondary N) is 2. The average molecular weight is 444 g/mol. The number of ether oxygens (including phenoxy) is 1. The lowest BCUT2D eigenvalue weighted by molar-refractivity contribution is -0.125. The summed E-state index contributed by atoms with van der Waals surface area (Å²) in [5.74, 6) is -0.658. The van der Waals surface area contributed by atoms with E-state index < -0.39 is 6.04 Å². The highest BCUT2D eigenvalue weighted by atomic mass is 35.5. The second-order valence-corrected chi connectivity index (χ2v) is 8.54. The van der Waals surface area contributed by atoms with Crippen molar-refractivity contribution in [2.24, 2.45) is 5.92 Å². The zero-order chi connectivity index (χ0) is 22.2. The van der Waals surface area contributed by atoms with Gasteiger partial charge < -0.3 is 15.4 Å². The Bertz CT molecular complexity index is 875. The van der Waals surface area contributed by atoms with E-state index in [9.17, 15) is 9.59 Å². The first-order valence-corrected chi connectivity index (χ1v) is 11.0. The SMILES string of the molecule is CC(C)C(NC(=O)c1ccccc1Cl)C(=O)NCC1CN(Cc2ccccc2)CCO1. The summed E-state index contributed by atoms with van der Waals surface area (Å²) in [6.45, 7) is 7.29. The van der Waals surface area contributed by atoms with Crippen LogP contribution in [0.25, 0.3) is 0 Å². The van der Waals surface area contributed by atoms with Crippen LogP contribution in [0.5, 0.6) is 0 Å². The molecule has 2 N–H and O–H groups in total. The molecule has 166 valence electrons. The monoisotopic (exact) mass is 443 g/mol. The molecule has 0 spiro atoms. The zero-order valence-corrected chi connectivity index (χ0v) is 18.8. The highest BCUT2D eigenvalue weighted by Gasteiger charge is 2.27. The zero-order valence-electron chi connectivity index (χ0n) is 18.0. The van der Waals surface area contributed by atoms with E-state index in [-0.39, 0.29) is 23.8 Å². The van der Waals surface area contributed by atoms with Crippen LogP contribution >= 0.6 is 11.6 Å². The molecule has 2 aromatic carbocycles. The predicted molar refractivity (Wildman–Crippen MR) is 122 cm³/mol. The Morgan fingerprint density at radius 3 is 2.55 bits per heavy atom. The Labute approximate surface area is 188 Å². The van der Waals surface area contributed by atoms with E-state index in [1.54, 1.807) is 24.3 Å². The first kappa shape index (κ1) is 23.3. The van der Waals surface area contributed by atoms with Crippen LogP contribution in [0.1, 0.15) is 29.8 Å². The molecule has 0 saturated carbocycles. The summed E-state index contributed by atoms with van der Waals surface area (Å²) >= 11 is 6.11. The number of hydrogen-bond donors (Lipinski definition) is 2. The van der Waals surface area contributed by atoms with Gasteiger partial charge in [0.2, 0.25) is 5.91 Å². The fraction of sp³-hybridized carbons (Fsp3) is 0.417. The minimum atomic E-state index is -0.659. The molecule has 6 nitrogen and oxygen atoms in total. The molecule has 2 atom stereocenters. The van der Waals surface area contributed by atoms with Gasteiger partial charge in [0.15, 0.2) is 0 Å². The van der Waals surface area contributed by atoms with Crippen molar-refractivity contribution >= 4 is 23.4 Å². The number of amides is 2. The number of benzene rings is 2. The quantitative estimate of drug-likeness (QED) is 0.657. The average Bonchev–Trinajstić information content (AvgIpc) is 2.77. The number of carbonyl (C=O) groups is 2. The minimum Gasteiger partial charge on any atom is -0.374 e. The van der Waals surface area contributed by atoms with Crippen LogP contribution in [0.4, 0.5) is 0 Å². The summed E-state index contributed by atoms with van der Waals surface area (Å²) < 4.78 is 5.84. The summed E-state index contributed by atoms with van der Waals surface area (Å²) in [7, 11) is 0. The maximum atomic E-state index is 12.8. The second kappa shape index (κ2) is 11.3. The van der Waals surface area contributed by atoms with Crippen LogP contribution in [0.3, 0.4) is 0 Å². The maximum absolute atomic E-state index is 12.8. The van der Waals surface area contributed by atoms with Crippen molar-refractivity contribution in [2.75, 3.05) is 26.2 Å². The van der Waals surface area contributed by atoms with Gasteiger partial charge in [-0.25, -0.2) is 0 Å². The second-order valence-electron chi connectivity index (χ2n) is 8.13. The van der Waals surface area contributed by atoms with Gasteiger partial charge in [-0.05, 0) is 23.6 Å². The molecule has 0 radical (unpaired) electrons. The first-order valence-electron chi connectivity index (χ1n) is 10.6. The van der Waals surface area contributed by atoms with Crippen molar-refractivity contribution < 1.29 is 14.3 Å². The Kier molecular flexibility index (Phi) is 8.46. The largest absolute Gasteiger partial charge is 0.374 e. The summed E-state index contributed by atoms with van der Waals surface area (Å²) in [6.07, 6.45) is -0.0894. The third-order valence-corrected chi connectivity index (χ3v) is 5.66. The number of nitrogens with zero attached hydrogens (tertiary/aromatic N) is 1. The van der Waals surface area contributed by atoms with Crippen LogP contribution in [-0.2, 0) is 16.1 Å². The third kappa shape index (κ3) is 6.79. The Morgan fingerprint density at radius 2 is 1.84 bits per heavy atom. The number of hydrogen-bond acceptors (Lipinski definition) is 4. The lowest BCUT2D eigenvalue weighted by Crippen LogP contribution is -2.53. The van der Waals surface area contributed by atoms with E-state index in [4.69, 9.17) is 16.3 Å². The van der Waals surface area contributed by atoms with Gasteiger partial charge in [0.05, 0.1) is 23.3 Å². The van der Waals surface area contributed by atoms with Gasteiger partial charge in [-0.1, -0.05) is 67.9 Å². The van der Waals surface area contributed by atoms with Gasteiger partial charge in [-0.2, -0.15) is 0 Å². The number of rotatable bonds is 8. The number of morpholine rings is 1. The topological polar surface area (TPSA) is 70.7 Å². The van der Waals surface area contributed by atoms with Gasteiger partial charge >= 0.3 is 0 Å². The third-order valence-electron chi connectivity index (χ3n) is 5.33. The van der Waals surface area contributed by atoms with Gasteiger partial charge in [-0.3, -0.25) is 14.5 Å². The van der Waals surface area contributed by atoms with Crippen LogP contribution < -0.4 is 10.6 Å². The van der Waals surface area contributed by atoms with Gasteiger partial charge in [-0.15, -0.1) is 0 Å². The van der Waals surface area contributed by atoms with E-state index in [0.717, 1.165) is 19.6 Å². The van der Waals surface area contributed by atoms with Crippen LogP contribution in [0, 0.1) is 5.92 Å². The van der Waals surface area contributed by atoms with Crippen molar-refractivity contribution in [3.63, 3.8) is 0 Å². The lowest BCUT2D eigenvalue weighted by Gasteiger charge is -2.33. The molecule has 31 heavy (non-hydrogen) atoms. The molecule has 2 aromatic rings. The molecule has 1 saturated heterocycles. The minimum absolute atomic E-state index is 0.0757. The normalized spacial score (nSPS) is 17.9.